The number of nitrogens with two attached hydrogens (primary N) is 1. The van der Waals surface area contributed by atoms with Crippen LogP contribution in [0.1, 0.15) is 30.9 Å². The maximum absolute atomic E-state index is 5.86. The van der Waals surface area contributed by atoms with Gasteiger partial charge in [-0.25, -0.2) is 0 Å². The smallest absolute Gasteiger partial charge is 0.0397 e. The van der Waals surface area contributed by atoms with E-state index < -0.39 is 0 Å². The molecule has 0 amide bonds. The fourth-order valence-corrected chi connectivity index (χ4v) is 3.63. The van der Waals surface area contributed by atoms with Crippen LogP contribution < -0.4 is 10.6 Å². The Morgan fingerprint density at radius 2 is 2.18 bits per heavy atom. The summed E-state index contributed by atoms with van der Waals surface area (Å²) in [6.07, 6.45) is 1.19. The molecule has 1 aliphatic carbocycles. The minimum atomic E-state index is 0.396. The Bertz CT molecular complexity index is 450. The fourth-order valence-electron chi connectivity index (χ4n) is 3.63. The summed E-state index contributed by atoms with van der Waals surface area (Å²) in [4.78, 5) is 2.34. The van der Waals surface area contributed by atoms with Gasteiger partial charge in [0.25, 0.3) is 0 Å². The predicted molar refractivity (Wildman–Crippen MR) is 72.5 cm³/mol. The molecule has 1 saturated carbocycles. The van der Waals surface area contributed by atoms with E-state index in [1.54, 1.807) is 0 Å². The highest BCUT2D eigenvalue weighted by Gasteiger charge is 2.57. The van der Waals surface area contributed by atoms with Gasteiger partial charge in [-0.1, -0.05) is 26.0 Å². The van der Waals surface area contributed by atoms with E-state index >= 15 is 0 Å². The third kappa shape index (κ3) is 1.50. The lowest BCUT2D eigenvalue weighted by Crippen LogP contribution is -2.12. The van der Waals surface area contributed by atoms with Gasteiger partial charge < -0.3 is 10.6 Å². The molecule has 2 N–H and O–H groups in total. The van der Waals surface area contributed by atoms with E-state index in [9.17, 15) is 0 Å². The van der Waals surface area contributed by atoms with Crippen LogP contribution in [-0.2, 0) is 6.42 Å². The quantitative estimate of drug-likeness (QED) is 0.845. The molecule has 2 unspecified atom stereocenters. The van der Waals surface area contributed by atoms with Crippen molar-refractivity contribution in [1.29, 1.82) is 0 Å². The Morgan fingerprint density at radius 3 is 2.82 bits per heavy atom. The van der Waals surface area contributed by atoms with Gasteiger partial charge >= 0.3 is 0 Å². The average Bonchev–Trinajstić information content (AvgIpc) is 2.66. The highest BCUT2D eigenvalue weighted by atomic mass is 15.1. The number of likely N-dealkylation sites (N-methyl/N-ethyl adjacent to an activating group) is 1. The second kappa shape index (κ2) is 3.49. The summed E-state index contributed by atoms with van der Waals surface area (Å²) < 4.78 is 0. The molecule has 1 aromatic carbocycles. The molecular weight excluding hydrogens is 208 g/mol. The van der Waals surface area contributed by atoms with E-state index in [4.69, 9.17) is 5.73 Å². The van der Waals surface area contributed by atoms with Crippen LogP contribution in [0.3, 0.4) is 0 Å². The Labute approximate surface area is 104 Å². The van der Waals surface area contributed by atoms with E-state index in [-0.39, 0.29) is 0 Å². The lowest BCUT2D eigenvalue weighted by Gasteiger charge is -2.12. The maximum Gasteiger partial charge on any atom is 0.0397 e. The summed E-state index contributed by atoms with van der Waals surface area (Å²) in [7, 11) is 2.18. The van der Waals surface area contributed by atoms with Crippen LogP contribution in [0.4, 0.5) is 5.69 Å². The van der Waals surface area contributed by atoms with Gasteiger partial charge in [0.2, 0.25) is 0 Å². The van der Waals surface area contributed by atoms with Gasteiger partial charge in [0.1, 0.15) is 0 Å². The van der Waals surface area contributed by atoms with Gasteiger partial charge in [0, 0.05) is 19.3 Å². The molecule has 1 fully saturated rings. The molecule has 1 aliphatic heterocycles. The van der Waals surface area contributed by atoms with Gasteiger partial charge in [0.15, 0.2) is 0 Å². The molecule has 92 valence electrons. The third-order valence-corrected chi connectivity index (χ3v) is 4.89. The first kappa shape index (κ1) is 11.1. The molecule has 0 bridgehead atoms. The molecule has 0 radical (unpaired) electrons. The first-order valence-corrected chi connectivity index (χ1v) is 6.59. The van der Waals surface area contributed by atoms with Gasteiger partial charge in [-0.2, -0.15) is 0 Å². The molecule has 2 nitrogen and oxygen atoms in total. The van der Waals surface area contributed by atoms with Gasteiger partial charge in [-0.05, 0) is 47.4 Å². The Hall–Kier alpha value is -1.02. The first-order chi connectivity index (χ1) is 8.05. The zero-order valence-electron chi connectivity index (χ0n) is 11.0. The van der Waals surface area contributed by atoms with Crippen molar-refractivity contribution in [2.24, 2.45) is 17.1 Å². The van der Waals surface area contributed by atoms with E-state index in [1.165, 1.54) is 23.2 Å². The second-order valence-electron chi connectivity index (χ2n) is 6.20. The van der Waals surface area contributed by atoms with E-state index in [0.717, 1.165) is 13.1 Å². The highest BCUT2D eigenvalue weighted by molar-refractivity contribution is 5.59. The predicted octanol–water partition coefficient (Wildman–Crippen LogP) is 2.38. The van der Waals surface area contributed by atoms with Crippen LogP contribution in [0.2, 0.25) is 0 Å². The SMILES string of the molecule is CN1CCc2cc(C3C(CN)C3(C)C)ccc21. The molecular formula is C15H22N2. The molecule has 0 saturated heterocycles. The zero-order chi connectivity index (χ0) is 12.2. The monoisotopic (exact) mass is 230 g/mol. The molecule has 3 rings (SSSR count). The number of anilines is 1. The topological polar surface area (TPSA) is 29.3 Å². The average molecular weight is 230 g/mol. The van der Waals surface area contributed by atoms with Crippen molar-refractivity contribution in [2.45, 2.75) is 26.2 Å². The minimum Gasteiger partial charge on any atom is -0.374 e. The Kier molecular flexibility index (Phi) is 2.27. The molecule has 0 spiro atoms. The van der Waals surface area contributed by atoms with Crippen LogP contribution >= 0.6 is 0 Å². The van der Waals surface area contributed by atoms with Crippen molar-refractivity contribution in [2.75, 3.05) is 25.0 Å². The van der Waals surface area contributed by atoms with Crippen LogP contribution in [0.5, 0.6) is 0 Å². The molecule has 0 aromatic heterocycles. The molecule has 2 heteroatoms. The largest absolute Gasteiger partial charge is 0.374 e. The zero-order valence-corrected chi connectivity index (χ0v) is 11.0. The number of hydrogen-bond acceptors (Lipinski definition) is 2. The van der Waals surface area contributed by atoms with Gasteiger partial charge in [-0.15, -0.1) is 0 Å². The number of fused-ring (bicyclic) bond motifs is 1. The first-order valence-electron chi connectivity index (χ1n) is 6.59. The summed E-state index contributed by atoms with van der Waals surface area (Å²) in [5, 5.41) is 0. The third-order valence-electron chi connectivity index (χ3n) is 4.89. The van der Waals surface area contributed by atoms with Crippen molar-refractivity contribution >= 4 is 5.69 Å². The Morgan fingerprint density at radius 1 is 1.41 bits per heavy atom. The number of hydrogen-bond donors (Lipinski definition) is 1. The maximum atomic E-state index is 5.86. The number of nitrogens with zero attached hydrogens (tertiary/aromatic N) is 1. The number of benzene rings is 1. The normalized spacial score (nSPS) is 29.3. The van der Waals surface area contributed by atoms with Crippen molar-refractivity contribution in [3.63, 3.8) is 0 Å². The fraction of sp³-hybridized carbons (Fsp3) is 0.600. The van der Waals surface area contributed by atoms with Gasteiger partial charge in [0.05, 0.1) is 0 Å². The minimum absolute atomic E-state index is 0.396. The van der Waals surface area contributed by atoms with Crippen molar-refractivity contribution in [3.8, 4) is 0 Å². The lowest BCUT2D eigenvalue weighted by atomic mass is 10.00. The molecule has 1 heterocycles. The summed E-state index contributed by atoms with van der Waals surface area (Å²) in [6, 6.07) is 7.02. The van der Waals surface area contributed by atoms with E-state index in [2.05, 4.69) is 44.0 Å². The second-order valence-corrected chi connectivity index (χ2v) is 6.20. The highest BCUT2D eigenvalue weighted by Crippen LogP contribution is 2.64. The lowest BCUT2D eigenvalue weighted by molar-refractivity contribution is 0.558. The summed E-state index contributed by atoms with van der Waals surface area (Å²) in [6.45, 7) is 6.66. The standard InChI is InChI=1S/C15H22N2/c1-15(2)12(9-16)14(15)11-4-5-13-10(8-11)6-7-17(13)3/h4-5,8,12,14H,6-7,9,16H2,1-3H3. The van der Waals surface area contributed by atoms with Crippen LogP contribution in [0.25, 0.3) is 0 Å². The van der Waals surface area contributed by atoms with E-state index in [0.29, 0.717) is 17.3 Å². The summed E-state index contributed by atoms with van der Waals surface area (Å²) in [5.74, 6) is 1.34. The van der Waals surface area contributed by atoms with Crippen molar-refractivity contribution in [3.05, 3.63) is 29.3 Å². The molecule has 17 heavy (non-hydrogen) atoms. The summed E-state index contributed by atoms with van der Waals surface area (Å²) >= 11 is 0. The van der Waals surface area contributed by atoms with Crippen molar-refractivity contribution < 1.29 is 0 Å². The van der Waals surface area contributed by atoms with Crippen LogP contribution in [0.15, 0.2) is 18.2 Å². The summed E-state index contributed by atoms with van der Waals surface area (Å²) in [5.41, 5.74) is 10.7. The molecule has 1 aromatic rings. The van der Waals surface area contributed by atoms with E-state index in [1.807, 2.05) is 0 Å². The Balaban J connectivity index is 1.92. The molecule has 2 aliphatic rings. The van der Waals surface area contributed by atoms with Crippen LogP contribution in [0, 0.1) is 11.3 Å². The van der Waals surface area contributed by atoms with Crippen molar-refractivity contribution in [1.82, 2.24) is 0 Å². The molecule has 2 atom stereocenters. The van der Waals surface area contributed by atoms with Crippen LogP contribution in [-0.4, -0.2) is 20.1 Å². The number of rotatable bonds is 2. The van der Waals surface area contributed by atoms with Gasteiger partial charge in [-0.3, -0.25) is 0 Å².